The van der Waals surface area contributed by atoms with Crippen molar-refractivity contribution in [3.63, 3.8) is 0 Å². The Kier molecular flexibility index (Phi) is 3.77. The molecule has 0 radical (unpaired) electrons. The van der Waals surface area contributed by atoms with Crippen LogP contribution in [0.3, 0.4) is 0 Å². The highest BCUT2D eigenvalue weighted by Gasteiger charge is 2.16. The molecule has 0 atom stereocenters. The molecule has 0 fully saturated rings. The number of rotatable bonds is 2. The monoisotopic (exact) mass is 344 g/mol. The lowest BCUT2D eigenvalue weighted by molar-refractivity contribution is -0.114. The van der Waals surface area contributed by atoms with Crippen molar-refractivity contribution in [3.8, 4) is 17.4 Å². The van der Waals surface area contributed by atoms with Crippen LogP contribution in [0, 0.1) is 13.8 Å². The first-order valence-corrected chi connectivity index (χ1v) is 8.19. The van der Waals surface area contributed by atoms with Crippen LogP contribution >= 0.6 is 0 Å². The van der Waals surface area contributed by atoms with Gasteiger partial charge in [0, 0.05) is 16.4 Å². The zero-order valence-corrected chi connectivity index (χ0v) is 14.4. The standard InChI is InChI=1S/C21H16N2O3/c1-12-7-13(2)9-16(8-12)20-23-18(21(25)26-20)11-15-10-14-5-3-4-6-17(14)22-19(15)24/h3-11,25H,1-2H3/b15-11+. The summed E-state index contributed by atoms with van der Waals surface area (Å²) >= 11 is 0. The van der Waals surface area contributed by atoms with Crippen LogP contribution in [0.5, 0.6) is 5.95 Å². The van der Waals surface area contributed by atoms with Crippen LogP contribution in [-0.4, -0.2) is 16.0 Å². The summed E-state index contributed by atoms with van der Waals surface area (Å²) in [6.45, 7) is 3.97. The van der Waals surface area contributed by atoms with Gasteiger partial charge in [-0.1, -0.05) is 35.4 Å². The van der Waals surface area contributed by atoms with Crippen molar-refractivity contribution in [3.05, 3.63) is 75.4 Å². The molecule has 2 aromatic carbocycles. The minimum absolute atomic E-state index is 0.202. The van der Waals surface area contributed by atoms with Crippen LogP contribution in [0.15, 0.2) is 57.4 Å². The predicted octanol–water partition coefficient (Wildman–Crippen LogP) is 2.69. The van der Waals surface area contributed by atoms with E-state index < -0.39 is 0 Å². The molecule has 0 aliphatic carbocycles. The summed E-state index contributed by atoms with van der Waals surface area (Å²) in [7, 11) is 0. The van der Waals surface area contributed by atoms with E-state index in [0.717, 1.165) is 21.9 Å². The van der Waals surface area contributed by atoms with Crippen LogP contribution < -0.4 is 10.6 Å². The molecule has 1 aromatic heterocycles. The maximum absolute atomic E-state index is 12.2. The minimum Gasteiger partial charge on any atom is -0.479 e. The van der Waals surface area contributed by atoms with Crippen molar-refractivity contribution in [2.24, 2.45) is 4.99 Å². The largest absolute Gasteiger partial charge is 0.479 e. The molecule has 5 nitrogen and oxygen atoms in total. The molecule has 26 heavy (non-hydrogen) atoms. The molecule has 4 rings (SSSR count). The number of aromatic nitrogens is 1. The van der Waals surface area contributed by atoms with Gasteiger partial charge in [-0.2, -0.15) is 0 Å². The third-order valence-corrected chi connectivity index (χ3v) is 4.11. The minimum atomic E-state index is -0.376. The molecule has 5 heteroatoms. The van der Waals surface area contributed by atoms with Crippen LogP contribution in [0.1, 0.15) is 16.8 Å². The van der Waals surface area contributed by atoms with Crippen molar-refractivity contribution in [1.29, 1.82) is 0 Å². The van der Waals surface area contributed by atoms with Crippen molar-refractivity contribution >= 4 is 18.1 Å². The third kappa shape index (κ3) is 2.95. The Hall–Kier alpha value is -3.47. The molecule has 2 heterocycles. The fourth-order valence-electron chi connectivity index (χ4n) is 3.00. The van der Waals surface area contributed by atoms with Crippen LogP contribution in [0.4, 0.5) is 0 Å². The van der Waals surface area contributed by atoms with Crippen molar-refractivity contribution < 1.29 is 14.3 Å². The molecule has 0 unspecified atom stereocenters. The number of benzene rings is 2. The summed E-state index contributed by atoms with van der Waals surface area (Å²) in [6, 6.07) is 13.3. The molecule has 1 N–H and O–H groups in total. The Balaban J connectivity index is 1.78. The number of fused-ring (bicyclic) bond motifs is 1. The number of amides is 1. The van der Waals surface area contributed by atoms with E-state index in [1.165, 1.54) is 6.08 Å². The van der Waals surface area contributed by atoms with Crippen molar-refractivity contribution in [2.75, 3.05) is 0 Å². The molecule has 128 valence electrons. The van der Waals surface area contributed by atoms with Gasteiger partial charge in [0.1, 0.15) is 5.69 Å². The SMILES string of the molecule is Cc1cc(C)cc(-c2nc(/C=C3\C=c4ccccc4=NC3=O)c(O)o2)c1. The quantitative estimate of drug-likeness (QED) is 0.725. The Morgan fingerprint density at radius 3 is 2.58 bits per heavy atom. The van der Waals surface area contributed by atoms with E-state index in [4.69, 9.17) is 4.42 Å². The van der Waals surface area contributed by atoms with Gasteiger partial charge >= 0.3 is 5.95 Å². The average Bonchev–Trinajstić information content (AvgIpc) is 2.95. The van der Waals surface area contributed by atoms with Gasteiger partial charge in [0.2, 0.25) is 5.89 Å². The number of aromatic hydroxyl groups is 1. The first-order valence-electron chi connectivity index (χ1n) is 8.19. The summed E-state index contributed by atoms with van der Waals surface area (Å²) in [5, 5.41) is 11.6. The van der Waals surface area contributed by atoms with E-state index >= 15 is 0 Å². The second-order valence-electron chi connectivity index (χ2n) is 6.31. The lowest BCUT2D eigenvalue weighted by atomic mass is 10.1. The Bertz CT molecular complexity index is 1170. The van der Waals surface area contributed by atoms with E-state index in [1.54, 1.807) is 12.1 Å². The molecule has 3 aromatic rings. The highest BCUT2D eigenvalue weighted by atomic mass is 16.5. The zero-order chi connectivity index (χ0) is 18.3. The topological polar surface area (TPSA) is 75.7 Å². The van der Waals surface area contributed by atoms with E-state index in [9.17, 15) is 9.90 Å². The lowest BCUT2D eigenvalue weighted by Crippen LogP contribution is -2.29. The van der Waals surface area contributed by atoms with Gasteiger partial charge in [-0.25, -0.2) is 9.98 Å². The number of aryl methyl sites for hydroxylation is 2. The smallest absolute Gasteiger partial charge is 0.310 e. The molecule has 1 amide bonds. The van der Waals surface area contributed by atoms with Crippen LogP contribution in [0.2, 0.25) is 0 Å². The predicted molar refractivity (Wildman–Crippen MR) is 97.7 cm³/mol. The maximum Gasteiger partial charge on any atom is 0.310 e. The van der Waals surface area contributed by atoms with E-state index in [2.05, 4.69) is 9.98 Å². The number of carbonyl (C=O) groups is 1. The molecular weight excluding hydrogens is 328 g/mol. The second-order valence-corrected chi connectivity index (χ2v) is 6.31. The Labute approximate surface area is 149 Å². The zero-order valence-electron chi connectivity index (χ0n) is 14.4. The number of para-hydroxylation sites is 1. The number of hydrogen-bond donors (Lipinski definition) is 1. The summed E-state index contributed by atoms with van der Waals surface area (Å²) < 4.78 is 5.40. The number of carbonyl (C=O) groups excluding carboxylic acids is 1. The van der Waals surface area contributed by atoms with Gasteiger partial charge in [-0.05, 0) is 44.2 Å². The molecule has 0 saturated carbocycles. The molecule has 1 aliphatic heterocycles. The summed E-state index contributed by atoms with van der Waals surface area (Å²) in [5.74, 6) is -0.396. The number of hydrogen-bond acceptors (Lipinski definition) is 4. The molecule has 0 bridgehead atoms. The summed E-state index contributed by atoms with van der Waals surface area (Å²) in [5.41, 5.74) is 3.47. The fraction of sp³-hybridized carbons (Fsp3) is 0.0952. The Morgan fingerprint density at radius 1 is 1.08 bits per heavy atom. The fourth-order valence-corrected chi connectivity index (χ4v) is 3.00. The van der Waals surface area contributed by atoms with Gasteiger partial charge in [-0.3, -0.25) is 4.79 Å². The first kappa shape index (κ1) is 16.0. The van der Waals surface area contributed by atoms with Crippen molar-refractivity contribution in [2.45, 2.75) is 13.8 Å². The molecule has 0 saturated heterocycles. The highest BCUT2D eigenvalue weighted by molar-refractivity contribution is 6.07. The third-order valence-electron chi connectivity index (χ3n) is 4.11. The van der Waals surface area contributed by atoms with Crippen LogP contribution in [-0.2, 0) is 4.79 Å². The van der Waals surface area contributed by atoms with E-state index in [1.807, 2.05) is 50.2 Å². The molecule has 0 spiro atoms. The summed E-state index contributed by atoms with van der Waals surface area (Å²) in [6.07, 6.45) is 3.22. The molecular formula is C21H16N2O3. The normalized spacial score (nSPS) is 14.7. The number of oxazole rings is 1. The van der Waals surface area contributed by atoms with Crippen LogP contribution in [0.25, 0.3) is 23.6 Å². The van der Waals surface area contributed by atoms with Gasteiger partial charge in [-0.15, -0.1) is 0 Å². The van der Waals surface area contributed by atoms with Gasteiger partial charge in [0.15, 0.2) is 0 Å². The van der Waals surface area contributed by atoms with Gasteiger partial charge in [0.05, 0.1) is 5.36 Å². The highest BCUT2D eigenvalue weighted by Crippen LogP contribution is 2.29. The first-order chi connectivity index (χ1) is 12.5. The van der Waals surface area contributed by atoms with Gasteiger partial charge < -0.3 is 9.52 Å². The van der Waals surface area contributed by atoms with E-state index in [-0.39, 0.29) is 17.5 Å². The van der Waals surface area contributed by atoms with Gasteiger partial charge in [0.25, 0.3) is 5.91 Å². The van der Waals surface area contributed by atoms with E-state index in [0.29, 0.717) is 16.8 Å². The lowest BCUT2D eigenvalue weighted by Gasteiger charge is -2.02. The number of nitrogens with zero attached hydrogens (tertiary/aromatic N) is 2. The second kappa shape index (κ2) is 6.11. The Morgan fingerprint density at radius 2 is 1.81 bits per heavy atom. The van der Waals surface area contributed by atoms with Crippen molar-refractivity contribution in [1.82, 2.24) is 4.98 Å². The average molecular weight is 344 g/mol. The summed E-state index contributed by atoms with van der Waals surface area (Å²) in [4.78, 5) is 20.6. The molecule has 1 aliphatic rings. The maximum atomic E-state index is 12.2.